The summed E-state index contributed by atoms with van der Waals surface area (Å²) in [6, 6.07) is 10.5. The molecule has 0 aliphatic carbocycles. The number of aromatic nitrogens is 3. The topological polar surface area (TPSA) is 87.7 Å². The largest absolute Gasteiger partial charge is 0.345 e. The van der Waals surface area contributed by atoms with Crippen molar-refractivity contribution in [3.8, 4) is 0 Å². The maximum Gasteiger partial charge on any atom is 0.287 e. The van der Waals surface area contributed by atoms with Gasteiger partial charge < -0.3 is 10.3 Å². The van der Waals surface area contributed by atoms with E-state index in [-0.39, 0.29) is 11.4 Å². The van der Waals surface area contributed by atoms with Crippen LogP contribution >= 0.6 is 0 Å². The minimum absolute atomic E-state index is 0.00718. The summed E-state index contributed by atoms with van der Waals surface area (Å²) in [4.78, 5) is 34.5. The van der Waals surface area contributed by atoms with Crippen molar-refractivity contribution in [3.63, 3.8) is 0 Å². The zero-order chi connectivity index (χ0) is 14.7. The molecule has 6 heteroatoms. The Morgan fingerprint density at radius 2 is 1.90 bits per heavy atom. The van der Waals surface area contributed by atoms with Gasteiger partial charge in [0.2, 0.25) is 0 Å². The number of amides is 1. The molecule has 0 bridgehead atoms. The molecule has 0 fully saturated rings. The second kappa shape index (κ2) is 5.54. The van der Waals surface area contributed by atoms with E-state index in [9.17, 15) is 9.59 Å². The van der Waals surface area contributed by atoms with Crippen LogP contribution in [0.2, 0.25) is 0 Å². The van der Waals surface area contributed by atoms with Gasteiger partial charge in [0.15, 0.2) is 5.82 Å². The van der Waals surface area contributed by atoms with E-state index >= 15 is 0 Å². The van der Waals surface area contributed by atoms with Crippen LogP contribution in [0.4, 0.5) is 0 Å². The van der Waals surface area contributed by atoms with Crippen LogP contribution in [0, 0.1) is 0 Å². The summed E-state index contributed by atoms with van der Waals surface area (Å²) in [7, 11) is 0. The maximum absolute atomic E-state index is 12.1. The number of hydrogen-bond acceptors (Lipinski definition) is 4. The minimum atomic E-state index is -0.422. The molecule has 0 aliphatic heterocycles. The maximum atomic E-state index is 12.1. The third kappa shape index (κ3) is 2.79. The molecule has 21 heavy (non-hydrogen) atoms. The molecule has 2 heterocycles. The third-order valence-corrected chi connectivity index (χ3v) is 3.03. The average Bonchev–Trinajstić information content (AvgIpc) is 2.53. The number of aromatic amines is 1. The minimum Gasteiger partial charge on any atom is -0.345 e. The summed E-state index contributed by atoms with van der Waals surface area (Å²) in [5.74, 6) is -0.414. The van der Waals surface area contributed by atoms with Crippen LogP contribution in [0.15, 0.2) is 53.6 Å². The number of carbonyl (C=O) groups excluding carboxylic acids is 1. The molecule has 0 atom stereocenters. The lowest BCUT2D eigenvalue weighted by Crippen LogP contribution is -2.27. The molecule has 0 spiro atoms. The third-order valence-electron chi connectivity index (χ3n) is 3.03. The highest BCUT2D eigenvalue weighted by Crippen LogP contribution is 2.05. The van der Waals surface area contributed by atoms with Crippen LogP contribution in [-0.2, 0) is 6.54 Å². The van der Waals surface area contributed by atoms with E-state index in [0.717, 1.165) is 5.56 Å². The molecule has 104 valence electrons. The Balaban J connectivity index is 1.83. The average molecular weight is 280 g/mol. The Kier molecular flexibility index (Phi) is 3.42. The Morgan fingerprint density at radius 3 is 2.71 bits per heavy atom. The summed E-state index contributed by atoms with van der Waals surface area (Å²) in [5.41, 5.74) is 1.09. The monoisotopic (exact) mass is 280 g/mol. The van der Waals surface area contributed by atoms with Gasteiger partial charge >= 0.3 is 0 Å². The van der Waals surface area contributed by atoms with Gasteiger partial charge in [-0.2, -0.15) is 0 Å². The molecule has 6 nitrogen and oxygen atoms in total. The van der Waals surface area contributed by atoms with Crippen LogP contribution in [0.1, 0.15) is 16.2 Å². The molecular weight excluding hydrogens is 268 g/mol. The lowest BCUT2D eigenvalue weighted by molar-refractivity contribution is 0.0940. The molecule has 3 aromatic rings. The smallest absolute Gasteiger partial charge is 0.287 e. The van der Waals surface area contributed by atoms with Gasteiger partial charge in [-0.1, -0.05) is 12.1 Å². The normalized spacial score (nSPS) is 10.5. The van der Waals surface area contributed by atoms with Crippen molar-refractivity contribution in [2.24, 2.45) is 0 Å². The number of hydrogen-bond donors (Lipinski definition) is 2. The van der Waals surface area contributed by atoms with Crippen molar-refractivity contribution in [1.82, 2.24) is 20.3 Å². The highest BCUT2D eigenvalue weighted by atomic mass is 16.2. The zero-order valence-corrected chi connectivity index (χ0v) is 11.0. The van der Waals surface area contributed by atoms with Gasteiger partial charge in [0.1, 0.15) is 0 Å². The fourth-order valence-electron chi connectivity index (χ4n) is 1.96. The molecular formula is C15H12N4O2. The molecule has 2 aromatic heterocycles. The molecule has 1 amide bonds. The van der Waals surface area contributed by atoms with Crippen LogP contribution < -0.4 is 10.9 Å². The predicted molar refractivity (Wildman–Crippen MR) is 77.8 cm³/mol. The summed E-state index contributed by atoms with van der Waals surface area (Å²) in [5, 5.41) is 3.17. The van der Waals surface area contributed by atoms with E-state index in [2.05, 4.69) is 20.3 Å². The van der Waals surface area contributed by atoms with Crippen LogP contribution in [-0.4, -0.2) is 20.9 Å². The SMILES string of the molecule is O=C(NCc1ccncc1)c1nc2ccccc2c(=O)[nH]1. The molecule has 1 aromatic carbocycles. The first-order valence-corrected chi connectivity index (χ1v) is 6.40. The number of pyridine rings is 1. The number of nitrogens with zero attached hydrogens (tertiary/aromatic N) is 2. The molecule has 3 rings (SSSR count). The second-order valence-electron chi connectivity index (χ2n) is 4.47. The molecule has 2 N–H and O–H groups in total. The zero-order valence-electron chi connectivity index (χ0n) is 11.0. The first-order valence-electron chi connectivity index (χ1n) is 6.40. The highest BCUT2D eigenvalue weighted by Gasteiger charge is 2.10. The Bertz CT molecular complexity index is 843. The van der Waals surface area contributed by atoms with Gasteiger partial charge in [-0.25, -0.2) is 4.98 Å². The molecule has 0 unspecified atom stereocenters. The van der Waals surface area contributed by atoms with Crippen molar-refractivity contribution in [2.45, 2.75) is 6.54 Å². The molecule has 0 aliphatic rings. The van der Waals surface area contributed by atoms with E-state index in [1.54, 1.807) is 48.8 Å². The van der Waals surface area contributed by atoms with E-state index in [0.29, 0.717) is 17.4 Å². The lowest BCUT2D eigenvalue weighted by atomic mass is 10.2. The first kappa shape index (κ1) is 13.0. The van der Waals surface area contributed by atoms with Crippen LogP contribution in [0.5, 0.6) is 0 Å². The van der Waals surface area contributed by atoms with E-state index in [4.69, 9.17) is 0 Å². The number of nitrogens with one attached hydrogen (secondary N) is 2. The number of fused-ring (bicyclic) bond motifs is 1. The predicted octanol–water partition coefficient (Wildman–Crippen LogP) is 1.25. The lowest BCUT2D eigenvalue weighted by Gasteiger charge is -2.05. The van der Waals surface area contributed by atoms with E-state index in [1.165, 1.54) is 0 Å². The number of rotatable bonds is 3. The molecule has 0 radical (unpaired) electrons. The number of para-hydroxylation sites is 1. The number of carbonyl (C=O) groups is 1. The van der Waals surface area contributed by atoms with Gasteiger partial charge in [0.05, 0.1) is 10.9 Å². The van der Waals surface area contributed by atoms with Gasteiger partial charge in [-0.05, 0) is 29.8 Å². The number of benzene rings is 1. The Morgan fingerprint density at radius 1 is 1.14 bits per heavy atom. The Labute approximate surface area is 119 Å². The van der Waals surface area contributed by atoms with Crippen LogP contribution in [0.25, 0.3) is 10.9 Å². The van der Waals surface area contributed by atoms with Crippen molar-refractivity contribution < 1.29 is 4.79 Å². The van der Waals surface area contributed by atoms with Gasteiger partial charge in [-0.3, -0.25) is 14.6 Å². The second-order valence-corrected chi connectivity index (χ2v) is 4.47. The van der Waals surface area contributed by atoms with Crippen molar-refractivity contribution >= 4 is 16.8 Å². The van der Waals surface area contributed by atoms with Crippen molar-refractivity contribution in [3.05, 3.63) is 70.5 Å². The summed E-state index contributed by atoms with van der Waals surface area (Å²) >= 11 is 0. The van der Waals surface area contributed by atoms with Crippen LogP contribution in [0.3, 0.4) is 0 Å². The van der Waals surface area contributed by atoms with Gasteiger partial charge in [-0.15, -0.1) is 0 Å². The van der Waals surface area contributed by atoms with Gasteiger partial charge in [0.25, 0.3) is 11.5 Å². The quantitative estimate of drug-likeness (QED) is 0.755. The van der Waals surface area contributed by atoms with Gasteiger partial charge in [0, 0.05) is 18.9 Å². The van der Waals surface area contributed by atoms with E-state index in [1.807, 2.05) is 0 Å². The number of H-pyrrole nitrogens is 1. The van der Waals surface area contributed by atoms with Crippen molar-refractivity contribution in [1.29, 1.82) is 0 Å². The standard InChI is InChI=1S/C15H12N4O2/c20-14-11-3-1-2-4-12(11)18-13(19-14)15(21)17-9-10-5-7-16-8-6-10/h1-8H,9H2,(H,17,21)(H,18,19,20). The Hall–Kier alpha value is -3.02. The molecule has 0 saturated carbocycles. The summed E-state index contributed by atoms with van der Waals surface area (Å²) in [6.07, 6.45) is 3.30. The summed E-state index contributed by atoms with van der Waals surface area (Å²) < 4.78 is 0. The molecule has 0 saturated heterocycles. The fourth-order valence-corrected chi connectivity index (χ4v) is 1.96. The van der Waals surface area contributed by atoms with Crippen molar-refractivity contribution in [2.75, 3.05) is 0 Å². The summed E-state index contributed by atoms with van der Waals surface area (Å²) in [6.45, 7) is 0.345. The highest BCUT2D eigenvalue weighted by molar-refractivity contribution is 5.92. The van der Waals surface area contributed by atoms with E-state index < -0.39 is 5.91 Å². The first-order chi connectivity index (χ1) is 10.2. The fraction of sp³-hybridized carbons (Fsp3) is 0.0667.